The van der Waals surface area contributed by atoms with E-state index in [0.717, 1.165) is 12.4 Å². The first-order valence-corrected chi connectivity index (χ1v) is 7.54. The molecular weight excluding hydrogens is 314 g/mol. The van der Waals surface area contributed by atoms with E-state index in [0.29, 0.717) is 11.0 Å². The molecule has 0 fully saturated rings. The molecular formula is C12H10ClN5O2S. The highest BCUT2D eigenvalue weighted by Crippen LogP contribution is 2.23. The van der Waals surface area contributed by atoms with E-state index in [1.165, 1.54) is 18.2 Å². The summed E-state index contributed by atoms with van der Waals surface area (Å²) in [4.78, 5) is 7.55. The third-order valence-electron chi connectivity index (χ3n) is 2.51. The molecule has 0 aliphatic heterocycles. The Morgan fingerprint density at radius 1 is 1.29 bits per heavy atom. The minimum absolute atomic E-state index is 0.0997. The van der Waals surface area contributed by atoms with Crippen molar-refractivity contribution in [2.75, 3.05) is 17.1 Å². The van der Waals surface area contributed by atoms with Gasteiger partial charge in [-0.1, -0.05) is 11.6 Å². The van der Waals surface area contributed by atoms with Crippen molar-refractivity contribution in [3.63, 3.8) is 0 Å². The number of rotatable bonds is 4. The number of benzene rings is 1. The zero-order chi connectivity index (χ0) is 15.5. The Hall–Kier alpha value is -2.37. The summed E-state index contributed by atoms with van der Waals surface area (Å²) in [6.07, 6.45) is 2.33. The maximum absolute atomic E-state index is 12.2. The normalized spacial score (nSPS) is 10.7. The molecule has 0 unspecified atom stereocenters. The van der Waals surface area contributed by atoms with Gasteiger partial charge in [-0.15, -0.1) is 0 Å². The van der Waals surface area contributed by atoms with Crippen LogP contribution in [0.3, 0.4) is 0 Å². The van der Waals surface area contributed by atoms with E-state index in [9.17, 15) is 8.42 Å². The van der Waals surface area contributed by atoms with Crippen molar-refractivity contribution in [3.8, 4) is 6.07 Å². The lowest BCUT2D eigenvalue weighted by Gasteiger charge is -2.09. The maximum atomic E-state index is 12.2. The number of sulfonamides is 1. The van der Waals surface area contributed by atoms with Crippen LogP contribution in [-0.4, -0.2) is 25.4 Å². The van der Waals surface area contributed by atoms with Crippen LogP contribution in [0.15, 0.2) is 35.5 Å². The predicted octanol–water partition coefficient (Wildman–Crippen LogP) is 1.84. The predicted molar refractivity (Wildman–Crippen MR) is 78.6 cm³/mol. The Morgan fingerprint density at radius 3 is 2.52 bits per heavy atom. The minimum atomic E-state index is -3.90. The van der Waals surface area contributed by atoms with Crippen molar-refractivity contribution in [1.82, 2.24) is 9.97 Å². The number of anilines is 2. The number of nitrogens with one attached hydrogen (secondary N) is 2. The number of hydrogen-bond acceptors (Lipinski definition) is 6. The summed E-state index contributed by atoms with van der Waals surface area (Å²) in [5.41, 5.74) is 0.262. The summed E-state index contributed by atoms with van der Waals surface area (Å²) in [5.74, 6) is 0.300. The van der Waals surface area contributed by atoms with Crippen molar-refractivity contribution in [2.24, 2.45) is 0 Å². The largest absolute Gasteiger partial charge is 0.357 e. The molecule has 108 valence electrons. The second-order valence-corrected chi connectivity index (χ2v) is 6.02. The fourth-order valence-corrected chi connectivity index (χ4v) is 2.62. The van der Waals surface area contributed by atoms with Gasteiger partial charge in [0.05, 0.1) is 23.6 Å². The molecule has 2 aromatic rings. The highest BCUT2D eigenvalue weighted by Gasteiger charge is 2.17. The molecule has 21 heavy (non-hydrogen) atoms. The highest BCUT2D eigenvalue weighted by molar-refractivity contribution is 7.92. The van der Waals surface area contributed by atoms with E-state index in [1.807, 2.05) is 6.07 Å². The van der Waals surface area contributed by atoms with Gasteiger partial charge in [0.2, 0.25) is 5.95 Å². The van der Waals surface area contributed by atoms with Crippen molar-refractivity contribution in [1.29, 1.82) is 5.26 Å². The van der Waals surface area contributed by atoms with Crippen LogP contribution in [-0.2, 0) is 10.0 Å². The smallest absolute Gasteiger partial charge is 0.265 e. The van der Waals surface area contributed by atoms with Gasteiger partial charge >= 0.3 is 0 Å². The van der Waals surface area contributed by atoms with Crippen LogP contribution in [0, 0.1) is 11.3 Å². The molecule has 0 saturated carbocycles. The molecule has 1 heterocycles. The molecule has 0 atom stereocenters. The first kappa shape index (κ1) is 15.0. The Balaban J connectivity index is 2.37. The van der Waals surface area contributed by atoms with Crippen LogP contribution in [0.4, 0.5) is 11.6 Å². The number of hydrogen-bond donors (Lipinski definition) is 2. The highest BCUT2D eigenvalue weighted by atomic mass is 35.5. The monoisotopic (exact) mass is 323 g/mol. The molecule has 7 nitrogen and oxygen atoms in total. The summed E-state index contributed by atoms with van der Waals surface area (Å²) < 4.78 is 26.7. The van der Waals surface area contributed by atoms with Gasteiger partial charge in [0.15, 0.2) is 0 Å². The first-order chi connectivity index (χ1) is 9.96. The topological polar surface area (TPSA) is 108 Å². The van der Waals surface area contributed by atoms with Crippen LogP contribution in [0.1, 0.15) is 5.56 Å². The summed E-state index contributed by atoms with van der Waals surface area (Å²) in [5, 5.41) is 12.0. The molecule has 1 aromatic heterocycles. The summed E-state index contributed by atoms with van der Waals surface area (Å²) in [6.45, 7) is 0. The lowest BCUT2D eigenvalue weighted by molar-refractivity contribution is 0.600. The zero-order valence-corrected chi connectivity index (χ0v) is 12.4. The number of halogens is 1. The maximum Gasteiger partial charge on any atom is 0.265 e. The third kappa shape index (κ3) is 3.39. The molecule has 0 amide bonds. The van der Waals surface area contributed by atoms with Crippen molar-refractivity contribution in [2.45, 2.75) is 4.90 Å². The molecule has 0 aliphatic rings. The Kier molecular flexibility index (Phi) is 4.26. The van der Waals surface area contributed by atoms with Crippen molar-refractivity contribution >= 4 is 33.3 Å². The van der Waals surface area contributed by atoms with Gasteiger partial charge in [-0.3, -0.25) is 4.72 Å². The van der Waals surface area contributed by atoms with Crippen LogP contribution < -0.4 is 10.0 Å². The Bertz CT molecular complexity index is 799. The van der Waals surface area contributed by atoms with E-state index in [-0.39, 0.29) is 16.1 Å². The molecule has 0 saturated heterocycles. The molecule has 0 spiro atoms. The molecule has 1 aromatic carbocycles. The molecule has 0 radical (unpaired) electrons. The Morgan fingerprint density at radius 2 is 1.95 bits per heavy atom. The molecule has 2 N–H and O–H groups in total. The van der Waals surface area contributed by atoms with Crippen LogP contribution in [0.25, 0.3) is 0 Å². The van der Waals surface area contributed by atoms with E-state index in [4.69, 9.17) is 16.9 Å². The zero-order valence-electron chi connectivity index (χ0n) is 10.8. The SMILES string of the molecule is CNc1ncc(S(=O)(=O)Nc2cc(Cl)ccc2C#N)cn1. The first-order valence-electron chi connectivity index (χ1n) is 5.68. The fourth-order valence-electron chi connectivity index (χ4n) is 1.49. The molecule has 0 bridgehead atoms. The summed E-state index contributed by atoms with van der Waals surface area (Å²) in [6, 6.07) is 6.18. The van der Waals surface area contributed by atoms with E-state index >= 15 is 0 Å². The second-order valence-electron chi connectivity index (χ2n) is 3.90. The average molecular weight is 324 g/mol. The van der Waals surface area contributed by atoms with E-state index in [2.05, 4.69) is 20.0 Å². The van der Waals surface area contributed by atoms with Crippen LogP contribution in [0.5, 0.6) is 0 Å². The third-order valence-corrected chi connectivity index (χ3v) is 4.06. The second kappa shape index (κ2) is 5.95. The van der Waals surface area contributed by atoms with Gasteiger partial charge in [0.25, 0.3) is 10.0 Å². The lowest BCUT2D eigenvalue weighted by atomic mass is 10.2. The number of aromatic nitrogens is 2. The van der Waals surface area contributed by atoms with Gasteiger partial charge in [-0.25, -0.2) is 18.4 Å². The van der Waals surface area contributed by atoms with Crippen molar-refractivity contribution in [3.05, 3.63) is 41.2 Å². The fraction of sp³-hybridized carbons (Fsp3) is 0.0833. The summed E-state index contributed by atoms with van der Waals surface area (Å²) in [7, 11) is -2.28. The number of nitrogens with zero attached hydrogens (tertiary/aromatic N) is 3. The average Bonchev–Trinajstić information content (AvgIpc) is 2.47. The molecule has 2 rings (SSSR count). The molecule has 9 heteroatoms. The van der Waals surface area contributed by atoms with Gasteiger partial charge in [-0.05, 0) is 18.2 Å². The minimum Gasteiger partial charge on any atom is -0.357 e. The van der Waals surface area contributed by atoms with Crippen molar-refractivity contribution < 1.29 is 8.42 Å². The van der Waals surface area contributed by atoms with Gasteiger partial charge < -0.3 is 5.32 Å². The van der Waals surface area contributed by atoms with E-state index in [1.54, 1.807) is 7.05 Å². The van der Waals surface area contributed by atoms with Gasteiger partial charge in [0, 0.05) is 12.1 Å². The standard InChI is InChI=1S/C12H10ClN5O2S/c1-15-12-16-6-10(7-17-12)21(19,20)18-11-4-9(13)3-2-8(11)5-14/h2-4,6-7,18H,1H3,(H,15,16,17). The van der Waals surface area contributed by atoms with Gasteiger partial charge in [-0.2, -0.15) is 5.26 Å². The summed E-state index contributed by atoms with van der Waals surface area (Å²) >= 11 is 5.81. The lowest BCUT2D eigenvalue weighted by Crippen LogP contribution is -2.14. The van der Waals surface area contributed by atoms with Crippen LogP contribution >= 0.6 is 11.6 Å². The van der Waals surface area contributed by atoms with Crippen LogP contribution in [0.2, 0.25) is 5.02 Å². The quantitative estimate of drug-likeness (QED) is 0.889. The number of nitriles is 1. The molecule has 0 aliphatic carbocycles. The van der Waals surface area contributed by atoms with E-state index < -0.39 is 10.0 Å². The Labute approximate surface area is 126 Å². The van der Waals surface area contributed by atoms with Gasteiger partial charge in [0.1, 0.15) is 11.0 Å².